The van der Waals surface area contributed by atoms with E-state index in [-0.39, 0.29) is 17.7 Å². The Morgan fingerprint density at radius 2 is 2.11 bits per heavy atom. The standard InChI is InChI=1S/C11H13ClN6O/c1-18(2)11-16-8(15-10(13)17-11)6-19-7-4-3-5-14-9(7)12/h3-5H,6H2,1-2H3,(H2,13,15,16,17). The van der Waals surface area contributed by atoms with Gasteiger partial charge in [-0.3, -0.25) is 0 Å². The van der Waals surface area contributed by atoms with E-state index in [0.29, 0.717) is 17.5 Å². The molecule has 0 aliphatic heterocycles. The number of ether oxygens (including phenoxy) is 1. The van der Waals surface area contributed by atoms with E-state index < -0.39 is 0 Å². The van der Waals surface area contributed by atoms with Crippen molar-refractivity contribution < 1.29 is 4.74 Å². The average Bonchev–Trinajstić information content (AvgIpc) is 2.37. The van der Waals surface area contributed by atoms with Gasteiger partial charge in [0.2, 0.25) is 11.9 Å². The molecular weight excluding hydrogens is 268 g/mol. The Hall–Kier alpha value is -2.15. The lowest BCUT2D eigenvalue weighted by atomic mass is 10.4. The molecule has 2 rings (SSSR count). The van der Waals surface area contributed by atoms with Gasteiger partial charge in [0.1, 0.15) is 6.61 Å². The molecule has 0 aromatic carbocycles. The highest BCUT2D eigenvalue weighted by atomic mass is 35.5. The topological polar surface area (TPSA) is 90.1 Å². The smallest absolute Gasteiger partial charge is 0.230 e. The second-order valence-electron chi connectivity index (χ2n) is 3.89. The van der Waals surface area contributed by atoms with E-state index in [9.17, 15) is 0 Å². The zero-order chi connectivity index (χ0) is 13.8. The fraction of sp³-hybridized carbons (Fsp3) is 0.273. The first kappa shape index (κ1) is 13.3. The summed E-state index contributed by atoms with van der Waals surface area (Å²) in [5.74, 6) is 1.52. The summed E-state index contributed by atoms with van der Waals surface area (Å²) < 4.78 is 5.49. The van der Waals surface area contributed by atoms with E-state index in [4.69, 9.17) is 22.1 Å². The third-order valence-corrected chi connectivity index (χ3v) is 2.45. The second kappa shape index (κ2) is 5.66. The first-order chi connectivity index (χ1) is 9.06. The lowest BCUT2D eigenvalue weighted by molar-refractivity contribution is 0.295. The van der Waals surface area contributed by atoms with Gasteiger partial charge in [-0.1, -0.05) is 11.6 Å². The molecule has 0 saturated carbocycles. The molecule has 2 aromatic heterocycles. The fourth-order valence-corrected chi connectivity index (χ4v) is 1.48. The SMILES string of the molecule is CN(C)c1nc(N)nc(COc2cccnc2Cl)n1. The van der Waals surface area contributed by atoms with Crippen LogP contribution in [-0.4, -0.2) is 34.0 Å². The number of pyridine rings is 1. The van der Waals surface area contributed by atoms with E-state index in [1.54, 1.807) is 23.2 Å². The van der Waals surface area contributed by atoms with Crippen molar-refractivity contribution in [2.45, 2.75) is 6.61 Å². The summed E-state index contributed by atoms with van der Waals surface area (Å²) in [4.78, 5) is 17.9. The van der Waals surface area contributed by atoms with Crippen molar-refractivity contribution in [1.82, 2.24) is 19.9 Å². The van der Waals surface area contributed by atoms with E-state index in [1.165, 1.54) is 0 Å². The van der Waals surface area contributed by atoms with Crippen LogP contribution in [0.1, 0.15) is 5.82 Å². The van der Waals surface area contributed by atoms with Gasteiger partial charge in [-0.25, -0.2) is 4.98 Å². The van der Waals surface area contributed by atoms with Crippen LogP contribution in [0.25, 0.3) is 0 Å². The van der Waals surface area contributed by atoms with Crippen LogP contribution in [0, 0.1) is 0 Å². The minimum absolute atomic E-state index is 0.138. The first-order valence-corrected chi connectivity index (χ1v) is 5.85. The quantitative estimate of drug-likeness (QED) is 0.840. The minimum Gasteiger partial charge on any atom is -0.482 e. The van der Waals surface area contributed by atoms with Crippen LogP contribution in [0.2, 0.25) is 5.15 Å². The van der Waals surface area contributed by atoms with Crippen molar-refractivity contribution in [1.29, 1.82) is 0 Å². The Labute approximate surface area is 115 Å². The maximum Gasteiger partial charge on any atom is 0.230 e. The van der Waals surface area contributed by atoms with Crippen LogP contribution in [0.4, 0.5) is 11.9 Å². The fourth-order valence-electron chi connectivity index (χ4n) is 1.31. The number of nitrogens with two attached hydrogens (primary N) is 1. The molecule has 0 bridgehead atoms. The molecule has 19 heavy (non-hydrogen) atoms. The van der Waals surface area contributed by atoms with Crippen molar-refractivity contribution in [3.63, 3.8) is 0 Å². The summed E-state index contributed by atoms with van der Waals surface area (Å²) in [6.45, 7) is 0.138. The van der Waals surface area contributed by atoms with Crippen LogP contribution < -0.4 is 15.4 Å². The molecule has 0 unspecified atom stereocenters. The third-order valence-electron chi connectivity index (χ3n) is 2.17. The lowest BCUT2D eigenvalue weighted by Crippen LogP contribution is -2.16. The van der Waals surface area contributed by atoms with Gasteiger partial charge in [0.25, 0.3) is 0 Å². The number of rotatable bonds is 4. The summed E-state index contributed by atoms with van der Waals surface area (Å²) in [5, 5.41) is 0.289. The van der Waals surface area contributed by atoms with Crippen LogP contribution in [0.15, 0.2) is 18.3 Å². The van der Waals surface area contributed by atoms with Gasteiger partial charge < -0.3 is 15.4 Å². The molecule has 0 aliphatic rings. The van der Waals surface area contributed by atoms with Gasteiger partial charge in [-0.15, -0.1) is 0 Å². The predicted octanol–water partition coefficient (Wildman–Crippen LogP) is 1.15. The summed E-state index contributed by atoms with van der Waals surface area (Å²) in [7, 11) is 3.63. The zero-order valence-corrected chi connectivity index (χ0v) is 11.3. The zero-order valence-electron chi connectivity index (χ0n) is 10.5. The van der Waals surface area contributed by atoms with Crippen molar-refractivity contribution in [3.8, 4) is 5.75 Å². The van der Waals surface area contributed by atoms with Gasteiger partial charge in [0, 0.05) is 20.3 Å². The molecule has 2 aromatic rings. The van der Waals surface area contributed by atoms with Gasteiger partial charge in [-0.05, 0) is 12.1 Å². The van der Waals surface area contributed by atoms with Gasteiger partial charge in [0.15, 0.2) is 16.7 Å². The highest BCUT2D eigenvalue weighted by Gasteiger charge is 2.08. The molecule has 0 aliphatic carbocycles. The van der Waals surface area contributed by atoms with Gasteiger partial charge >= 0.3 is 0 Å². The molecule has 0 fully saturated rings. The van der Waals surface area contributed by atoms with Crippen LogP contribution in [0.3, 0.4) is 0 Å². The second-order valence-corrected chi connectivity index (χ2v) is 4.24. The molecule has 2 heterocycles. The highest BCUT2D eigenvalue weighted by molar-refractivity contribution is 6.30. The number of nitrogen functional groups attached to an aromatic ring is 1. The summed E-state index contributed by atoms with van der Waals surface area (Å²) in [6.07, 6.45) is 1.58. The number of hydrogen-bond acceptors (Lipinski definition) is 7. The van der Waals surface area contributed by atoms with Crippen molar-refractivity contribution in [2.75, 3.05) is 24.7 Å². The Morgan fingerprint density at radius 3 is 2.79 bits per heavy atom. The number of halogens is 1. The molecule has 2 N–H and O–H groups in total. The maximum atomic E-state index is 5.88. The summed E-state index contributed by atoms with van der Waals surface area (Å²) in [5.41, 5.74) is 5.61. The number of nitrogens with zero attached hydrogens (tertiary/aromatic N) is 5. The Bertz CT molecular complexity index is 577. The monoisotopic (exact) mass is 280 g/mol. The number of hydrogen-bond donors (Lipinski definition) is 1. The molecule has 100 valence electrons. The highest BCUT2D eigenvalue weighted by Crippen LogP contribution is 2.21. The maximum absolute atomic E-state index is 5.88. The summed E-state index contributed by atoms with van der Waals surface area (Å²) >= 11 is 5.88. The van der Waals surface area contributed by atoms with E-state index in [0.717, 1.165) is 0 Å². The number of aromatic nitrogens is 4. The molecule has 7 nitrogen and oxygen atoms in total. The Kier molecular flexibility index (Phi) is 3.96. The molecular formula is C11H13ClN6O. The minimum atomic E-state index is 0.138. The molecule has 0 radical (unpaired) electrons. The first-order valence-electron chi connectivity index (χ1n) is 5.47. The van der Waals surface area contributed by atoms with Crippen LogP contribution >= 0.6 is 11.6 Å². The van der Waals surface area contributed by atoms with Crippen molar-refractivity contribution in [2.24, 2.45) is 0 Å². The van der Waals surface area contributed by atoms with Gasteiger partial charge in [0.05, 0.1) is 0 Å². The average molecular weight is 281 g/mol. The molecule has 0 amide bonds. The summed E-state index contributed by atoms with van der Waals surface area (Å²) in [6, 6.07) is 3.45. The van der Waals surface area contributed by atoms with E-state index in [1.807, 2.05) is 14.1 Å². The predicted molar refractivity (Wildman–Crippen MR) is 72.1 cm³/mol. The van der Waals surface area contributed by atoms with Crippen molar-refractivity contribution in [3.05, 3.63) is 29.3 Å². The molecule has 0 atom stereocenters. The lowest BCUT2D eigenvalue weighted by Gasteiger charge is -2.12. The Balaban J connectivity index is 2.14. The largest absolute Gasteiger partial charge is 0.482 e. The van der Waals surface area contributed by atoms with E-state index >= 15 is 0 Å². The normalized spacial score (nSPS) is 10.3. The molecule has 8 heteroatoms. The number of anilines is 2. The van der Waals surface area contributed by atoms with Crippen LogP contribution in [0.5, 0.6) is 5.75 Å². The third kappa shape index (κ3) is 3.41. The van der Waals surface area contributed by atoms with E-state index in [2.05, 4.69) is 19.9 Å². The molecule has 0 spiro atoms. The van der Waals surface area contributed by atoms with Crippen molar-refractivity contribution >= 4 is 23.5 Å². The Morgan fingerprint density at radius 1 is 1.32 bits per heavy atom. The molecule has 0 saturated heterocycles. The van der Waals surface area contributed by atoms with Gasteiger partial charge in [-0.2, -0.15) is 15.0 Å². The van der Waals surface area contributed by atoms with Crippen LogP contribution in [-0.2, 0) is 6.61 Å².